The third-order valence-corrected chi connectivity index (χ3v) is 3.78. The topological polar surface area (TPSA) is 49.3 Å². The fourth-order valence-electron chi connectivity index (χ4n) is 1.59. The molecule has 0 heterocycles. The van der Waals surface area contributed by atoms with Gasteiger partial charge in [0, 0.05) is 16.6 Å². The highest BCUT2D eigenvalue weighted by Gasteiger charge is 2.07. The zero-order chi connectivity index (χ0) is 13.8. The minimum atomic E-state index is -0.210. The SMILES string of the molecule is O=C(NCc1cccc(O)c1)c1ccc(Br)c(Cl)c1. The second-order valence-electron chi connectivity index (χ2n) is 3.98. The highest BCUT2D eigenvalue weighted by atomic mass is 79.9. The molecular weight excluding hydrogens is 330 g/mol. The van der Waals surface area contributed by atoms with Gasteiger partial charge in [0.1, 0.15) is 5.75 Å². The van der Waals surface area contributed by atoms with Crippen molar-refractivity contribution in [3.8, 4) is 5.75 Å². The molecule has 98 valence electrons. The maximum atomic E-state index is 11.9. The first kappa shape index (κ1) is 13.9. The molecule has 0 aromatic heterocycles. The van der Waals surface area contributed by atoms with Crippen LogP contribution >= 0.6 is 27.5 Å². The molecular formula is C14H11BrClNO2. The minimum Gasteiger partial charge on any atom is -0.508 e. The first-order valence-electron chi connectivity index (χ1n) is 5.57. The summed E-state index contributed by atoms with van der Waals surface area (Å²) >= 11 is 9.21. The lowest BCUT2D eigenvalue weighted by molar-refractivity contribution is 0.0951. The first-order valence-corrected chi connectivity index (χ1v) is 6.74. The number of carbonyl (C=O) groups excluding carboxylic acids is 1. The normalized spacial score (nSPS) is 10.2. The summed E-state index contributed by atoms with van der Waals surface area (Å²) in [5.41, 5.74) is 1.32. The Kier molecular flexibility index (Phi) is 4.45. The summed E-state index contributed by atoms with van der Waals surface area (Å²) in [4.78, 5) is 11.9. The number of amides is 1. The number of rotatable bonds is 3. The summed E-state index contributed by atoms with van der Waals surface area (Å²) in [5, 5.41) is 12.6. The van der Waals surface area contributed by atoms with Crippen LogP contribution in [0.15, 0.2) is 46.9 Å². The molecule has 0 fully saturated rings. The summed E-state index contributed by atoms with van der Waals surface area (Å²) < 4.78 is 0.749. The highest BCUT2D eigenvalue weighted by molar-refractivity contribution is 9.10. The molecule has 0 atom stereocenters. The summed E-state index contributed by atoms with van der Waals surface area (Å²) in [6.45, 7) is 0.348. The number of halogens is 2. The standard InChI is InChI=1S/C14H11BrClNO2/c15-12-5-4-10(7-13(12)16)14(19)17-8-9-2-1-3-11(18)6-9/h1-7,18H,8H2,(H,17,19). The van der Waals surface area contributed by atoms with Gasteiger partial charge in [-0.05, 0) is 51.8 Å². The highest BCUT2D eigenvalue weighted by Crippen LogP contribution is 2.23. The van der Waals surface area contributed by atoms with Crippen molar-refractivity contribution in [2.24, 2.45) is 0 Å². The third-order valence-electron chi connectivity index (χ3n) is 2.55. The summed E-state index contributed by atoms with van der Waals surface area (Å²) in [5.74, 6) is -0.0313. The molecule has 0 aliphatic carbocycles. The number of hydrogen-bond donors (Lipinski definition) is 2. The van der Waals surface area contributed by atoms with Crippen LogP contribution in [0.4, 0.5) is 0 Å². The molecule has 0 spiro atoms. The summed E-state index contributed by atoms with van der Waals surface area (Å²) in [7, 11) is 0. The van der Waals surface area contributed by atoms with Crippen LogP contribution in [-0.4, -0.2) is 11.0 Å². The van der Waals surface area contributed by atoms with Gasteiger partial charge in [-0.25, -0.2) is 0 Å². The summed E-state index contributed by atoms with van der Waals surface area (Å²) in [6.07, 6.45) is 0. The van der Waals surface area contributed by atoms with Gasteiger partial charge >= 0.3 is 0 Å². The smallest absolute Gasteiger partial charge is 0.251 e. The Bertz CT molecular complexity index is 616. The van der Waals surface area contributed by atoms with Gasteiger partial charge < -0.3 is 10.4 Å². The van der Waals surface area contributed by atoms with Crippen molar-refractivity contribution in [3.05, 3.63) is 63.1 Å². The van der Waals surface area contributed by atoms with E-state index in [0.717, 1.165) is 10.0 Å². The molecule has 2 rings (SSSR count). The average molecular weight is 341 g/mol. The van der Waals surface area contributed by atoms with Crippen LogP contribution in [0.3, 0.4) is 0 Å². The van der Waals surface area contributed by atoms with Gasteiger partial charge in [-0.15, -0.1) is 0 Å². The number of phenolic OH excluding ortho intramolecular Hbond substituents is 1. The molecule has 0 radical (unpaired) electrons. The maximum Gasteiger partial charge on any atom is 0.251 e. The van der Waals surface area contributed by atoms with Crippen LogP contribution in [0.1, 0.15) is 15.9 Å². The Balaban J connectivity index is 2.03. The van der Waals surface area contributed by atoms with Crippen LogP contribution in [-0.2, 0) is 6.54 Å². The lowest BCUT2D eigenvalue weighted by Gasteiger charge is -2.06. The van der Waals surface area contributed by atoms with E-state index in [4.69, 9.17) is 11.6 Å². The number of benzene rings is 2. The molecule has 5 heteroatoms. The Morgan fingerprint density at radius 2 is 2.05 bits per heavy atom. The van der Waals surface area contributed by atoms with Crippen LogP contribution in [0, 0.1) is 0 Å². The quantitative estimate of drug-likeness (QED) is 0.894. The van der Waals surface area contributed by atoms with E-state index in [1.807, 2.05) is 6.07 Å². The number of phenols is 1. The van der Waals surface area contributed by atoms with E-state index in [9.17, 15) is 9.90 Å². The van der Waals surface area contributed by atoms with E-state index in [2.05, 4.69) is 21.2 Å². The van der Waals surface area contributed by atoms with E-state index >= 15 is 0 Å². The monoisotopic (exact) mass is 339 g/mol. The average Bonchev–Trinajstić information content (AvgIpc) is 2.39. The number of carbonyl (C=O) groups is 1. The van der Waals surface area contributed by atoms with E-state index in [-0.39, 0.29) is 11.7 Å². The fourth-order valence-corrected chi connectivity index (χ4v) is 2.02. The molecule has 0 aliphatic rings. The van der Waals surface area contributed by atoms with E-state index in [0.29, 0.717) is 17.1 Å². The summed E-state index contributed by atoms with van der Waals surface area (Å²) in [6, 6.07) is 11.8. The molecule has 2 N–H and O–H groups in total. The Hall–Kier alpha value is -1.52. The zero-order valence-electron chi connectivity index (χ0n) is 9.86. The number of nitrogens with one attached hydrogen (secondary N) is 1. The molecule has 0 unspecified atom stereocenters. The van der Waals surface area contributed by atoms with Gasteiger partial charge in [-0.3, -0.25) is 4.79 Å². The second-order valence-corrected chi connectivity index (χ2v) is 5.24. The fraction of sp³-hybridized carbons (Fsp3) is 0.0714. The molecule has 3 nitrogen and oxygen atoms in total. The zero-order valence-corrected chi connectivity index (χ0v) is 12.2. The Morgan fingerprint density at radius 3 is 2.74 bits per heavy atom. The van der Waals surface area contributed by atoms with Gasteiger partial charge in [0.25, 0.3) is 5.91 Å². The molecule has 0 saturated carbocycles. The number of hydrogen-bond acceptors (Lipinski definition) is 2. The van der Waals surface area contributed by atoms with Gasteiger partial charge in [0.2, 0.25) is 0 Å². The lowest BCUT2D eigenvalue weighted by atomic mass is 10.2. The van der Waals surface area contributed by atoms with E-state index in [1.165, 1.54) is 0 Å². The molecule has 0 bridgehead atoms. The van der Waals surface area contributed by atoms with Crippen molar-refractivity contribution >= 4 is 33.4 Å². The number of aromatic hydroxyl groups is 1. The maximum absolute atomic E-state index is 11.9. The molecule has 0 saturated heterocycles. The van der Waals surface area contributed by atoms with Crippen molar-refractivity contribution in [1.29, 1.82) is 0 Å². The predicted molar refractivity (Wildman–Crippen MR) is 78.4 cm³/mol. The van der Waals surface area contributed by atoms with E-state index in [1.54, 1.807) is 36.4 Å². The lowest BCUT2D eigenvalue weighted by Crippen LogP contribution is -2.22. The van der Waals surface area contributed by atoms with Gasteiger partial charge in [0.15, 0.2) is 0 Å². The van der Waals surface area contributed by atoms with Crippen molar-refractivity contribution in [1.82, 2.24) is 5.32 Å². The minimum absolute atomic E-state index is 0.179. The van der Waals surface area contributed by atoms with Crippen molar-refractivity contribution in [3.63, 3.8) is 0 Å². The van der Waals surface area contributed by atoms with Crippen molar-refractivity contribution < 1.29 is 9.90 Å². The van der Waals surface area contributed by atoms with Gasteiger partial charge in [-0.2, -0.15) is 0 Å². The third kappa shape index (κ3) is 3.72. The first-order chi connectivity index (χ1) is 9.06. The van der Waals surface area contributed by atoms with Gasteiger partial charge in [0.05, 0.1) is 5.02 Å². The predicted octanol–water partition coefficient (Wildman–Crippen LogP) is 3.74. The van der Waals surface area contributed by atoms with Crippen LogP contribution < -0.4 is 5.32 Å². The molecule has 2 aromatic carbocycles. The molecule has 0 aliphatic heterocycles. The largest absolute Gasteiger partial charge is 0.508 e. The second kappa shape index (κ2) is 6.08. The van der Waals surface area contributed by atoms with Crippen molar-refractivity contribution in [2.75, 3.05) is 0 Å². The Morgan fingerprint density at radius 1 is 1.26 bits per heavy atom. The van der Waals surface area contributed by atoms with Crippen LogP contribution in [0.5, 0.6) is 5.75 Å². The molecule has 2 aromatic rings. The van der Waals surface area contributed by atoms with E-state index < -0.39 is 0 Å². The molecule has 19 heavy (non-hydrogen) atoms. The molecule has 1 amide bonds. The van der Waals surface area contributed by atoms with Crippen LogP contribution in [0.25, 0.3) is 0 Å². The van der Waals surface area contributed by atoms with Gasteiger partial charge in [-0.1, -0.05) is 23.7 Å². The Labute approximate surface area is 124 Å². The van der Waals surface area contributed by atoms with Crippen LogP contribution in [0.2, 0.25) is 5.02 Å². The van der Waals surface area contributed by atoms with Crippen molar-refractivity contribution in [2.45, 2.75) is 6.54 Å².